The molecule has 2 rings (SSSR count). The molecule has 0 bridgehead atoms. The van der Waals surface area contributed by atoms with E-state index < -0.39 is 10.0 Å². The largest absolute Gasteiger partial charge is 0.381 e. The van der Waals surface area contributed by atoms with Crippen molar-refractivity contribution >= 4 is 10.0 Å². The molecule has 0 radical (unpaired) electrons. The van der Waals surface area contributed by atoms with E-state index >= 15 is 0 Å². The van der Waals surface area contributed by atoms with E-state index in [9.17, 15) is 8.42 Å². The fraction of sp³-hybridized carbons (Fsp3) is 1.00. The summed E-state index contributed by atoms with van der Waals surface area (Å²) in [5, 5.41) is -0.256. The number of rotatable bonds is 3. The van der Waals surface area contributed by atoms with E-state index in [1.807, 2.05) is 0 Å². The lowest BCUT2D eigenvalue weighted by Crippen LogP contribution is -2.46. The first kappa shape index (κ1) is 12.3. The smallest absolute Gasteiger partial charge is 0.217 e. The van der Waals surface area contributed by atoms with E-state index in [2.05, 4.69) is 0 Å². The van der Waals surface area contributed by atoms with Gasteiger partial charge < -0.3 is 10.5 Å². The first-order chi connectivity index (χ1) is 7.66. The number of nitrogens with two attached hydrogens (primary N) is 1. The fourth-order valence-corrected chi connectivity index (χ4v) is 4.71. The number of hydrogen-bond acceptors (Lipinski definition) is 4. The number of nitrogens with zero attached hydrogens (tertiary/aromatic N) is 1. The molecule has 0 amide bonds. The van der Waals surface area contributed by atoms with Gasteiger partial charge in [-0.3, -0.25) is 0 Å². The van der Waals surface area contributed by atoms with Crippen molar-refractivity contribution < 1.29 is 13.2 Å². The molecular formula is C10H20N2O3S. The number of hydrogen-bond donors (Lipinski definition) is 1. The third-order valence-electron chi connectivity index (χ3n) is 3.51. The third kappa shape index (κ3) is 2.25. The second-order valence-electron chi connectivity index (χ2n) is 4.50. The molecule has 0 aliphatic carbocycles. The molecule has 1 atom stereocenters. The zero-order valence-electron chi connectivity index (χ0n) is 9.47. The molecule has 2 fully saturated rings. The quantitative estimate of drug-likeness (QED) is 0.758. The van der Waals surface area contributed by atoms with Gasteiger partial charge in [-0.2, -0.15) is 4.31 Å². The van der Waals surface area contributed by atoms with Gasteiger partial charge in [0.15, 0.2) is 0 Å². The maximum absolute atomic E-state index is 12.4. The van der Waals surface area contributed by atoms with Gasteiger partial charge in [-0.05, 0) is 25.7 Å². The zero-order chi connectivity index (χ0) is 11.6. The number of ether oxygens (including phenoxy) is 1. The van der Waals surface area contributed by atoms with Crippen LogP contribution in [0.1, 0.15) is 25.7 Å². The summed E-state index contributed by atoms with van der Waals surface area (Å²) < 4.78 is 31.6. The van der Waals surface area contributed by atoms with Crippen LogP contribution in [-0.4, -0.2) is 50.3 Å². The average Bonchev–Trinajstić information content (AvgIpc) is 2.79. The summed E-state index contributed by atoms with van der Waals surface area (Å²) in [5.74, 6) is 0. The van der Waals surface area contributed by atoms with Crippen LogP contribution in [0.4, 0.5) is 0 Å². The zero-order valence-corrected chi connectivity index (χ0v) is 10.3. The van der Waals surface area contributed by atoms with E-state index in [4.69, 9.17) is 10.5 Å². The van der Waals surface area contributed by atoms with Crippen LogP contribution in [0, 0.1) is 0 Å². The van der Waals surface area contributed by atoms with Crippen LogP contribution in [0.5, 0.6) is 0 Å². The topological polar surface area (TPSA) is 72.6 Å². The Morgan fingerprint density at radius 2 is 1.94 bits per heavy atom. The molecule has 0 spiro atoms. The molecule has 0 aromatic carbocycles. The Kier molecular flexibility index (Phi) is 3.84. The van der Waals surface area contributed by atoms with Gasteiger partial charge in [-0.1, -0.05) is 0 Å². The van der Waals surface area contributed by atoms with Crippen molar-refractivity contribution in [2.45, 2.75) is 37.0 Å². The Labute approximate surface area is 97.0 Å². The summed E-state index contributed by atoms with van der Waals surface area (Å²) in [6.07, 6.45) is 3.08. The van der Waals surface area contributed by atoms with Gasteiger partial charge in [0.05, 0.1) is 5.25 Å². The summed E-state index contributed by atoms with van der Waals surface area (Å²) in [7, 11) is -3.15. The highest BCUT2D eigenvalue weighted by molar-refractivity contribution is 7.89. The minimum absolute atomic E-state index is 0.0212. The highest BCUT2D eigenvalue weighted by atomic mass is 32.2. The SMILES string of the molecule is NCC1CCCN1S(=O)(=O)C1CCOCC1. The molecule has 0 saturated carbocycles. The second kappa shape index (κ2) is 5.00. The molecule has 2 saturated heterocycles. The average molecular weight is 248 g/mol. The first-order valence-corrected chi connectivity index (χ1v) is 7.45. The molecule has 1 unspecified atom stereocenters. The van der Waals surface area contributed by atoms with Crippen LogP contribution in [0.2, 0.25) is 0 Å². The minimum atomic E-state index is -3.15. The summed E-state index contributed by atoms with van der Waals surface area (Å²) in [6.45, 7) is 2.19. The van der Waals surface area contributed by atoms with Crippen LogP contribution >= 0.6 is 0 Å². The molecule has 2 aliphatic rings. The molecule has 5 nitrogen and oxygen atoms in total. The Balaban J connectivity index is 2.11. The van der Waals surface area contributed by atoms with Crippen molar-refractivity contribution in [2.24, 2.45) is 5.73 Å². The van der Waals surface area contributed by atoms with Gasteiger partial charge in [0, 0.05) is 32.3 Å². The highest BCUT2D eigenvalue weighted by Crippen LogP contribution is 2.26. The normalized spacial score (nSPS) is 29.7. The van der Waals surface area contributed by atoms with Gasteiger partial charge in [0.1, 0.15) is 0 Å². The monoisotopic (exact) mass is 248 g/mol. The minimum Gasteiger partial charge on any atom is -0.381 e. The molecule has 2 heterocycles. The molecule has 0 aromatic rings. The van der Waals surface area contributed by atoms with E-state index in [1.54, 1.807) is 4.31 Å². The summed E-state index contributed by atoms with van der Waals surface area (Å²) >= 11 is 0. The lowest BCUT2D eigenvalue weighted by Gasteiger charge is -2.30. The Morgan fingerprint density at radius 1 is 1.25 bits per heavy atom. The van der Waals surface area contributed by atoms with E-state index in [1.165, 1.54) is 0 Å². The Hall–Kier alpha value is -0.170. The molecule has 2 aliphatic heterocycles. The maximum Gasteiger partial charge on any atom is 0.217 e. The van der Waals surface area contributed by atoms with Crippen LogP contribution < -0.4 is 5.73 Å². The van der Waals surface area contributed by atoms with Crippen molar-refractivity contribution in [1.29, 1.82) is 0 Å². The fourth-order valence-electron chi connectivity index (χ4n) is 2.55. The first-order valence-electron chi connectivity index (χ1n) is 5.94. The van der Waals surface area contributed by atoms with Crippen LogP contribution in [0.15, 0.2) is 0 Å². The van der Waals surface area contributed by atoms with Crippen LogP contribution in [0.3, 0.4) is 0 Å². The van der Waals surface area contributed by atoms with Crippen molar-refractivity contribution in [3.05, 3.63) is 0 Å². The Morgan fingerprint density at radius 3 is 2.56 bits per heavy atom. The van der Waals surface area contributed by atoms with Gasteiger partial charge in [0.2, 0.25) is 10.0 Å². The molecule has 16 heavy (non-hydrogen) atoms. The molecule has 2 N–H and O–H groups in total. The van der Waals surface area contributed by atoms with Crippen LogP contribution in [0.25, 0.3) is 0 Å². The van der Waals surface area contributed by atoms with E-state index in [0.29, 0.717) is 39.1 Å². The van der Waals surface area contributed by atoms with Gasteiger partial charge in [-0.15, -0.1) is 0 Å². The van der Waals surface area contributed by atoms with Crippen LogP contribution in [-0.2, 0) is 14.8 Å². The van der Waals surface area contributed by atoms with Gasteiger partial charge in [0.25, 0.3) is 0 Å². The third-order valence-corrected chi connectivity index (χ3v) is 5.96. The highest BCUT2D eigenvalue weighted by Gasteiger charge is 2.39. The molecule has 0 aromatic heterocycles. The van der Waals surface area contributed by atoms with E-state index in [0.717, 1.165) is 12.8 Å². The lowest BCUT2D eigenvalue weighted by molar-refractivity contribution is 0.0971. The summed E-state index contributed by atoms with van der Waals surface area (Å²) in [4.78, 5) is 0. The van der Waals surface area contributed by atoms with Crippen molar-refractivity contribution in [2.75, 3.05) is 26.3 Å². The maximum atomic E-state index is 12.4. The van der Waals surface area contributed by atoms with Crippen molar-refractivity contribution in [1.82, 2.24) is 4.31 Å². The molecule has 94 valence electrons. The number of sulfonamides is 1. The van der Waals surface area contributed by atoms with Gasteiger partial charge in [-0.25, -0.2) is 8.42 Å². The summed E-state index contributed by atoms with van der Waals surface area (Å²) in [5.41, 5.74) is 5.62. The van der Waals surface area contributed by atoms with Crippen molar-refractivity contribution in [3.8, 4) is 0 Å². The van der Waals surface area contributed by atoms with E-state index in [-0.39, 0.29) is 11.3 Å². The lowest BCUT2D eigenvalue weighted by atomic mass is 10.2. The predicted octanol–water partition coefficient (Wildman–Crippen LogP) is -0.0817. The predicted molar refractivity (Wildman–Crippen MR) is 61.5 cm³/mol. The van der Waals surface area contributed by atoms with Gasteiger partial charge >= 0.3 is 0 Å². The Bertz CT molecular complexity index is 325. The van der Waals surface area contributed by atoms with Crippen molar-refractivity contribution in [3.63, 3.8) is 0 Å². The molecular weight excluding hydrogens is 228 g/mol. The standard InChI is InChI=1S/C10H20N2O3S/c11-8-9-2-1-5-12(9)16(13,14)10-3-6-15-7-4-10/h9-10H,1-8,11H2. The second-order valence-corrected chi connectivity index (χ2v) is 6.66. The summed E-state index contributed by atoms with van der Waals surface area (Å²) in [6, 6.07) is 0.0212. The molecule has 6 heteroatoms.